The van der Waals surface area contributed by atoms with Crippen LogP contribution in [0.1, 0.15) is 20.3 Å². The third kappa shape index (κ3) is 4.88. The minimum Gasteiger partial charge on any atom is -0.351 e. The summed E-state index contributed by atoms with van der Waals surface area (Å²) in [5.74, 6) is 0.879. The number of halogens is 1. The van der Waals surface area contributed by atoms with E-state index in [1.54, 1.807) is 18.7 Å². The normalized spacial score (nSPS) is 15.3. The molecule has 0 fully saturated rings. The molecule has 2 unspecified atom stereocenters. The van der Waals surface area contributed by atoms with Crippen molar-refractivity contribution in [3.05, 3.63) is 0 Å². The van der Waals surface area contributed by atoms with E-state index in [0.29, 0.717) is 0 Å². The Balaban J connectivity index is 3.77. The van der Waals surface area contributed by atoms with Gasteiger partial charge in [-0.15, -0.1) is 11.6 Å². The van der Waals surface area contributed by atoms with Gasteiger partial charge in [-0.2, -0.15) is 11.8 Å². The number of hydrogen-bond acceptors (Lipinski definition) is 2. The quantitative estimate of drug-likeness (QED) is 0.701. The van der Waals surface area contributed by atoms with Crippen LogP contribution in [0.15, 0.2) is 0 Å². The third-order valence-corrected chi connectivity index (χ3v) is 2.50. The summed E-state index contributed by atoms with van der Waals surface area (Å²) in [5.41, 5.74) is 0. The average molecular weight is 210 g/mol. The highest BCUT2D eigenvalue weighted by atomic mass is 35.5. The molecule has 0 saturated carbocycles. The topological polar surface area (TPSA) is 29.1 Å². The van der Waals surface area contributed by atoms with Crippen molar-refractivity contribution in [2.75, 3.05) is 12.0 Å². The van der Waals surface area contributed by atoms with Gasteiger partial charge in [-0.1, -0.05) is 6.92 Å². The number of amides is 1. The lowest BCUT2D eigenvalue weighted by molar-refractivity contribution is -0.121. The standard InChI is InChI=1S/C8H16ClNOS/c1-4-7(5-12-3)10-8(11)6(2)9/h6-7H,4-5H2,1-3H3,(H,10,11). The number of nitrogens with one attached hydrogen (secondary N) is 1. The molecule has 0 heterocycles. The van der Waals surface area contributed by atoms with Crippen molar-refractivity contribution in [3.63, 3.8) is 0 Å². The molecule has 0 aromatic carbocycles. The van der Waals surface area contributed by atoms with E-state index in [9.17, 15) is 4.79 Å². The number of hydrogen-bond donors (Lipinski definition) is 1. The number of alkyl halides is 1. The highest BCUT2D eigenvalue weighted by Crippen LogP contribution is 2.02. The van der Waals surface area contributed by atoms with Gasteiger partial charge in [-0.05, 0) is 19.6 Å². The summed E-state index contributed by atoms with van der Waals surface area (Å²) in [7, 11) is 0. The molecule has 0 rings (SSSR count). The van der Waals surface area contributed by atoms with Gasteiger partial charge in [0.25, 0.3) is 0 Å². The molecule has 0 saturated heterocycles. The van der Waals surface area contributed by atoms with E-state index in [4.69, 9.17) is 11.6 Å². The minimum absolute atomic E-state index is 0.0717. The van der Waals surface area contributed by atoms with Crippen molar-refractivity contribution in [2.45, 2.75) is 31.7 Å². The van der Waals surface area contributed by atoms with Crippen LogP contribution in [-0.2, 0) is 4.79 Å². The van der Waals surface area contributed by atoms with Gasteiger partial charge in [0.15, 0.2) is 0 Å². The molecule has 0 spiro atoms. The van der Waals surface area contributed by atoms with Crippen LogP contribution in [0.3, 0.4) is 0 Å². The van der Waals surface area contributed by atoms with E-state index < -0.39 is 5.38 Å². The van der Waals surface area contributed by atoms with Gasteiger partial charge in [0.1, 0.15) is 5.38 Å². The van der Waals surface area contributed by atoms with Gasteiger partial charge in [0.05, 0.1) is 0 Å². The Morgan fingerprint density at radius 1 is 1.67 bits per heavy atom. The van der Waals surface area contributed by atoms with E-state index >= 15 is 0 Å². The molecular formula is C8H16ClNOS. The van der Waals surface area contributed by atoms with Crippen LogP contribution < -0.4 is 5.32 Å². The van der Waals surface area contributed by atoms with Crippen molar-refractivity contribution >= 4 is 29.3 Å². The molecule has 0 aromatic rings. The zero-order valence-corrected chi connectivity index (χ0v) is 9.34. The summed E-state index contributed by atoms with van der Waals surface area (Å²) in [4.78, 5) is 11.1. The first kappa shape index (κ1) is 12.1. The highest BCUT2D eigenvalue weighted by molar-refractivity contribution is 7.98. The molecule has 1 amide bonds. The fourth-order valence-corrected chi connectivity index (χ4v) is 1.56. The second-order valence-corrected chi connectivity index (χ2v) is 4.25. The fourth-order valence-electron chi connectivity index (χ4n) is 0.779. The Morgan fingerprint density at radius 2 is 2.25 bits per heavy atom. The fraction of sp³-hybridized carbons (Fsp3) is 0.875. The van der Waals surface area contributed by atoms with Crippen LogP contribution in [0.4, 0.5) is 0 Å². The van der Waals surface area contributed by atoms with Gasteiger partial charge in [0.2, 0.25) is 5.91 Å². The summed E-state index contributed by atoms with van der Waals surface area (Å²) in [5, 5.41) is 2.45. The maximum atomic E-state index is 11.1. The largest absolute Gasteiger partial charge is 0.351 e. The van der Waals surface area contributed by atoms with Crippen LogP contribution >= 0.6 is 23.4 Å². The van der Waals surface area contributed by atoms with Crippen LogP contribution in [0, 0.1) is 0 Å². The second-order valence-electron chi connectivity index (χ2n) is 2.69. The van der Waals surface area contributed by atoms with Crippen molar-refractivity contribution in [1.29, 1.82) is 0 Å². The molecule has 0 aromatic heterocycles. The summed E-state index contributed by atoms with van der Waals surface area (Å²) in [6, 6.07) is 0.258. The predicted molar refractivity (Wildman–Crippen MR) is 55.9 cm³/mol. The highest BCUT2D eigenvalue weighted by Gasteiger charge is 2.13. The van der Waals surface area contributed by atoms with Gasteiger partial charge >= 0.3 is 0 Å². The first-order valence-corrected chi connectivity index (χ1v) is 5.88. The van der Waals surface area contributed by atoms with Crippen LogP contribution in [0.5, 0.6) is 0 Å². The molecule has 12 heavy (non-hydrogen) atoms. The van der Waals surface area contributed by atoms with Gasteiger partial charge < -0.3 is 5.32 Å². The minimum atomic E-state index is -0.430. The van der Waals surface area contributed by atoms with Crippen LogP contribution in [0.2, 0.25) is 0 Å². The van der Waals surface area contributed by atoms with Crippen LogP contribution in [-0.4, -0.2) is 29.3 Å². The zero-order chi connectivity index (χ0) is 9.56. The third-order valence-electron chi connectivity index (χ3n) is 1.57. The lowest BCUT2D eigenvalue weighted by Crippen LogP contribution is -2.39. The first-order chi connectivity index (χ1) is 5.61. The Kier molecular flexibility index (Phi) is 6.67. The van der Waals surface area contributed by atoms with E-state index in [1.807, 2.05) is 6.26 Å². The summed E-state index contributed by atoms with van der Waals surface area (Å²) < 4.78 is 0. The Bertz CT molecular complexity index is 141. The van der Waals surface area contributed by atoms with E-state index in [0.717, 1.165) is 12.2 Å². The first-order valence-electron chi connectivity index (χ1n) is 4.05. The SMILES string of the molecule is CCC(CSC)NC(=O)C(C)Cl. The monoisotopic (exact) mass is 209 g/mol. The smallest absolute Gasteiger partial charge is 0.238 e. The molecule has 0 radical (unpaired) electrons. The average Bonchev–Trinajstić information content (AvgIpc) is 2.03. The van der Waals surface area contributed by atoms with Gasteiger partial charge in [-0.25, -0.2) is 0 Å². The molecule has 1 N–H and O–H groups in total. The van der Waals surface area contributed by atoms with Crippen LogP contribution in [0.25, 0.3) is 0 Å². The van der Waals surface area contributed by atoms with Crippen molar-refractivity contribution in [1.82, 2.24) is 5.32 Å². The van der Waals surface area contributed by atoms with Crippen molar-refractivity contribution in [3.8, 4) is 0 Å². The maximum Gasteiger partial charge on any atom is 0.238 e. The number of thioether (sulfide) groups is 1. The van der Waals surface area contributed by atoms with E-state index in [2.05, 4.69) is 12.2 Å². The van der Waals surface area contributed by atoms with Crippen molar-refractivity contribution < 1.29 is 4.79 Å². The molecule has 2 atom stereocenters. The number of rotatable bonds is 5. The Labute approximate surface area is 83.4 Å². The molecule has 0 bridgehead atoms. The van der Waals surface area contributed by atoms with E-state index in [-0.39, 0.29) is 11.9 Å². The molecule has 72 valence electrons. The Morgan fingerprint density at radius 3 is 2.58 bits per heavy atom. The molecule has 0 aliphatic carbocycles. The van der Waals surface area contributed by atoms with Crippen molar-refractivity contribution in [2.24, 2.45) is 0 Å². The van der Waals surface area contributed by atoms with Gasteiger partial charge in [0, 0.05) is 11.8 Å². The van der Waals surface area contributed by atoms with Gasteiger partial charge in [-0.3, -0.25) is 4.79 Å². The molecule has 0 aliphatic heterocycles. The lowest BCUT2D eigenvalue weighted by atomic mass is 10.2. The molecule has 0 aliphatic rings. The summed E-state index contributed by atoms with van der Waals surface area (Å²) in [6.07, 6.45) is 2.98. The summed E-state index contributed by atoms with van der Waals surface area (Å²) >= 11 is 7.34. The molecule has 4 heteroatoms. The second kappa shape index (κ2) is 6.61. The summed E-state index contributed by atoms with van der Waals surface area (Å²) in [6.45, 7) is 3.74. The number of carbonyl (C=O) groups is 1. The zero-order valence-electron chi connectivity index (χ0n) is 7.76. The maximum absolute atomic E-state index is 11.1. The lowest BCUT2D eigenvalue weighted by Gasteiger charge is -2.16. The molecular weight excluding hydrogens is 194 g/mol. The Hall–Kier alpha value is 0.110. The number of carbonyl (C=O) groups excluding carboxylic acids is 1. The predicted octanol–water partition coefficient (Wildman–Crippen LogP) is 1.87. The molecule has 2 nitrogen and oxygen atoms in total. The van der Waals surface area contributed by atoms with E-state index in [1.165, 1.54) is 0 Å².